The van der Waals surface area contributed by atoms with Crippen molar-refractivity contribution in [1.29, 1.82) is 0 Å². The van der Waals surface area contributed by atoms with E-state index in [0.717, 1.165) is 5.56 Å². The lowest BCUT2D eigenvalue weighted by molar-refractivity contribution is 0.310. The van der Waals surface area contributed by atoms with Crippen molar-refractivity contribution >= 4 is 11.6 Å². The molecule has 0 amide bonds. The molecule has 2 aromatic rings. The molecule has 0 aliphatic heterocycles. The third-order valence-corrected chi connectivity index (χ3v) is 4.12. The summed E-state index contributed by atoms with van der Waals surface area (Å²) in [5, 5.41) is 4.10. The summed E-state index contributed by atoms with van der Waals surface area (Å²) in [6.07, 6.45) is 0. The standard InChI is InChI=1S/C19H24ClNO2/c1-5-23-18-11-15(10-17(20)19(18)22-4)12-21-14(3)16-9-7-6-8-13(16)2/h6-11,14,21H,5,12H2,1-4H3. The monoisotopic (exact) mass is 333 g/mol. The van der Waals surface area contributed by atoms with Crippen molar-refractivity contribution in [1.82, 2.24) is 5.32 Å². The van der Waals surface area contributed by atoms with Crippen LogP contribution < -0.4 is 14.8 Å². The summed E-state index contributed by atoms with van der Waals surface area (Å²) in [6.45, 7) is 7.52. The van der Waals surface area contributed by atoms with E-state index in [1.165, 1.54) is 11.1 Å². The van der Waals surface area contributed by atoms with Crippen molar-refractivity contribution in [2.24, 2.45) is 0 Å². The molecule has 0 heterocycles. The first-order valence-electron chi connectivity index (χ1n) is 7.85. The molecule has 0 fully saturated rings. The summed E-state index contributed by atoms with van der Waals surface area (Å²) < 4.78 is 10.9. The number of aryl methyl sites for hydroxylation is 1. The molecular weight excluding hydrogens is 310 g/mol. The van der Waals surface area contributed by atoms with E-state index in [-0.39, 0.29) is 6.04 Å². The average molecular weight is 334 g/mol. The van der Waals surface area contributed by atoms with Crippen LogP contribution in [0.3, 0.4) is 0 Å². The molecule has 1 atom stereocenters. The quantitative estimate of drug-likeness (QED) is 0.781. The molecule has 0 aliphatic carbocycles. The highest BCUT2D eigenvalue weighted by atomic mass is 35.5. The molecule has 0 spiro atoms. The Morgan fingerprint density at radius 3 is 2.61 bits per heavy atom. The van der Waals surface area contributed by atoms with E-state index in [4.69, 9.17) is 21.1 Å². The van der Waals surface area contributed by atoms with E-state index in [2.05, 4.69) is 43.4 Å². The van der Waals surface area contributed by atoms with Gasteiger partial charge in [0, 0.05) is 12.6 Å². The zero-order chi connectivity index (χ0) is 16.8. The Morgan fingerprint density at radius 2 is 1.96 bits per heavy atom. The minimum absolute atomic E-state index is 0.257. The van der Waals surface area contributed by atoms with E-state index in [1.54, 1.807) is 7.11 Å². The first-order chi connectivity index (χ1) is 11.1. The molecule has 0 aromatic heterocycles. The van der Waals surface area contributed by atoms with Crippen molar-refractivity contribution < 1.29 is 9.47 Å². The van der Waals surface area contributed by atoms with Gasteiger partial charge in [0.2, 0.25) is 0 Å². The number of methoxy groups -OCH3 is 1. The molecule has 2 aromatic carbocycles. The highest BCUT2D eigenvalue weighted by molar-refractivity contribution is 6.32. The highest BCUT2D eigenvalue weighted by Crippen LogP contribution is 2.36. The van der Waals surface area contributed by atoms with Crippen LogP contribution >= 0.6 is 11.6 Å². The fourth-order valence-electron chi connectivity index (χ4n) is 2.64. The van der Waals surface area contributed by atoms with Crippen LogP contribution in [0.25, 0.3) is 0 Å². The molecule has 0 aliphatic rings. The van der Waals surface area contributed by atoms with Crippen LogP contribution in [0, 0.1) is 6.92 Å². The zero-order valence-corrected chi connectivity index (χ0v) is 14.9. The second-order valence-corrected chi connectivity index (χ2v) is 5.91. The van der Waals surface area contributed by atoms with Crippen LogP contribution in [0.2, 0.25) is 5.02 Å². The molecule has 4 heteroatoms. The third-order valence-electron chi connectivity index (χ3n) is 3.84. The third kappa shape index (κ3) is 4.40. The van der Waals surface area contributed by atoms with Gasteiger partial charge >= 0.3 is 0 Å². The van der Waals surface area contributed by atoms with E-state index in [9.17, 15) is 0 Å². The molecule has 23 heavy (non-hydrogen) atoms. The van der Waals surface area contributed by atoms with Crippen LogP contribution in [0.1, 0.15) is 36.6 Å². The van der Waals surface area contributed by atoms with Gasteiger partial charge in [-0.05, 0) is 49.6 Å². The number of hydrogen-bond acceptors (Lipinski definition) is 3. The molecular formula is C19H24ClNO2. The molecule has 2 rings (SSSR count). The second-order valence-electron chi connectivity index (χ2n) is 5.50. The lowest BCUT2D eigenvalue weighted by atomic mass is 10.0. The van der Waals surface area contributed by atoms with E-state index in [0.29, 0.717) is 29.7 Å². The van der Waals surface area contributed by atoms with E-state index < -0.39 is 0 Å². The minimum atomic E-state index is 0.257. The maximum absolute atomic E-state index is 6.30. The number of ether oxygens (including phenoxy) is 2. The Hall–Kier alpha value is -1.71. The van der Waals surface area contributed by atoms with Gasteiger partial charge in [0.1, 0.15) is 0 Å². The fourth-order valence-corrected chi connectivity index (χ4v) is 2.95. The lowest BCUT2D eigenvalue weighted by Gasteiger charge is -2.18. The summed E-state index contributed by atoms with van der Waals surface area (Å²) in [7, 11) is 1.60. The average Bonchev–Trinajstić information content (AvgIpc) is 2.53. The highest BCUT2D eigenvalue weighted by Gasteiger charge is 2.13. The number of nitrogens with one attached hydrogen (secondary N) is 1. The van der Waals surface area contributed by atoms with Gasteiger partial charge in [-0.15, -0.1) is 0 Å². The lowest BCUT2D eigenvalue weighted by Crippen LogP contribution is -2.19. The van der Waals surface area contributed by atoms with Gasteiger partial charge in [-0.2, -0.15) is 0 Å². The Bertz CT molecular complexity index is 658. The van der Waals surface area contributed by atoms with Crippen LogP contribution in [-0.4, -0.2) is 13.7 Å². The topological polar surface area (TPSA) is 30.5 Å². The minimum Gasteiger partial charge on any atom is -0.491 e. The number of hydrogen-bond donors (Lipinski definition) is 1. The summed E-state index contributed by atoms with van der Waals surface area (Å²) in [5.41, 5.74) is 3.66. The van der Waals surface area contributed by atoms with Crippen molar-refractivity contribution in [3.63, 3.8) is 0 Å². The predicted octanol–water partition coefficient (Wildman–Crippen LogP) is 4.91. The number of benzene rings is 2. The zero-order valence-electron chi connectivity index (χ0n) is 14.2. The molecule has 0 bridgehead atoms. The molecule has 0 saturated heterocycles. The summed E-state index contributed by atoms with van der Waals surface area (Å²) in [4.78, 5) is 0. The smallest absolute Gasteiger partial charge is 0.179 e. The van der Waals surface area contributed by atoms with Gasteiger partial charge in [-0.3, -0.25) is 0 Å². The van der Waals surface area contributed by atoms with Crippen molar-refractivity contribution in [2.45, 2.75) is 33.4 Å². The van der Waals surface area contributed by atoms with E-state index in [1.807, 2.05) is 19.1 Å². The van der Waals surface area contributed by atoms with Gasteiger partial charge in [0.15, 0.2) is 11.5 Å². The molecule has 0 radical (unpaired) electrons. The first kappa shape index (κ1) is 17.6. The molecule has 1 N–H and O–H groups in total. The summed E-state index contributed by atoms with van der Waals surface area (Å²) >= 11 is 6.30. The Morgan fingerprint density at radius 1 is 1.22 bits per heavy atom. The molecule has 124 valence electrons. The fraction of sp³-hybridized carbons (Fsp3) is 0.368. The van der Waals surface area contributed by atoms with Crippen molar-refractivity contribution in [2.75, 3.05) is 13.7 Å². The van der Waals surface area contributed by atoms with Crippen LogP contribution in [0.4, 0.5) is 0 Å². The first-order valence-corrected chi connectivity index (χ1v) is 8.22. The van der Waals surface area contributed by atoms with Crippen LogP contribution in [0.15, 0.2) is 36.4 Å². The Balaban J connectivity index is 2.13. The predicted molar refractivity (Wildman–Crippen MR) is 95.6 cm³/mol. The largest absolute Gasteiger partial charge is 0.491 e. The van der Waals surface area contributed by atoms with E-state index >= 15 is 0 Å². The maximum Gasteiger partial charge on any atom is 0.179 e. The summed E-state index contributed by atoms with van der Waals surface area (Å²) in [6, 6.07) is 12.6. The molecule has 1 unspecified atom stereocenters. The Kier molecular flexibility index (Phi) is 6.31. The Labute approximate surface area is 143 Å². The van der Waals surface area contributed by atoms with Crippen molar-refractivity contribution in [3.8, 4) is 11.5 Å². The normalized spacial score (nSPS) is 12.0. The summed E-state index contributed by atoms with van der Waals surface area (Å²) in [5.74, 6) is 1.27. The van der Waals surface area contributed by atoms with Gasteiger partial charge < -0.3 is 14.8 Å². The maximum atomic E-state index is 6.30. The van der Waals surface area contributed by atoms with Crippen LogP contribution in [-0.2, 0) is 6.54 Å². The SMILES string of the molecule is CCOc1cc(CNC(C)c2ccccc2C)cc(Cl)c1OC. The number of halogens is 1. The van der Waals surface area contributed by atoms with Crippen LogP contribution in [0.5, 0.6) is 11.5 Å². The van der Waals surface area contributed by atoms with Gasteiger partial charge in [0.25, 0.3) is 0 Å². The van der Waals surface area contributed by atoms with Gasteiger partial charge in [-0.1, -0.05) is 35.9 Å². The van der Waals surface area contributed by atoms with Gasteiger partial charge in [0.05, 0.1) is 18.7 Å². The second kappa shape index (κ2) is 8.23. The number of rotatable bonds is 7. The molecule has 3 nitrogen and oxygen atoms in total. The van der Waals surface area contributed by atoms with Gasteiger partial charge in [-0.25, -0.2) is 0 Å². The molecule has 0 saturated carbocycles. The van der Waals surface area contributed by atoms with Crippen molar-refractivity contribution in [3.05, 3.63) is 58.1 Å².